The maximum Gasteiger partial charge on any atom is 0.305 e. The molecular formula is C24H23FN2O4. The summed E-state index contributed by atoms with van der Waals surface area (Å²) in [6.45, 7) is 3.60. The maximum absolute atomic E-state index is 13.5. The van der Waals surface area contributed by atoms with Gasteiger partial charge in [0.15, 0.2) is 0 Å². The number of rotatable bonds is 7. The zero-order chi connectivity index (χ0) is 22.5. The molecular weight excluding hydrogens is 399 g/mol. The van der Waals surface area contributed by atoms with Crippen LogP contribution in [-0.2, 0) is 4.79 Å². The molecule has 1 aromatic heterocycles. The standard InChI is InChI=1S/C24H23FN2O4/c1-14-6-4-5-7-17(14)20(13-22(28)29)27-24(30)19-10-11-21(31-3)23(26-19)18-9-8-16(25)12-15(18)2/h4-12,20H,13H2,1-3H3,(H,27,30)(H,28,29)/t20-/m0/s1. The van der Waals surface area contributed by atoms with Gasteiger partial charge in [-0.05, 0) is 60.9 Å². The number of aryl methyl sites for hydroxylation is 2. The molecule has 0 fully saturated rings. The highest BCUT2D eigenvalue weighted by atomic mass is 19.1. The van der Waals surface area contributed by atoms with Crippen molar-refractivity contribution in [3.05, 3.63) is 82.8 Å². The molecule has 0 aliphatic rings. The number of carbonyl (C=O) groups is 2. The van der Waals surface area contributed by atoms with Gasteiger partial charge in [-0.2, -0.15) is 0 Å². The topological polar surface area (TPSA) is 88.5 Å². The molecule has 31 heavy (non-hydrogen) atoms. The van der Waals surface area contributed by atoms with E-state index in [1.54, 1.807) is 31.2 Å². The Morgan fingerprint density at radius 2 is 1.84 bits per heavy atom. The van der Waals surface area contributed by atoms with Crippen LogP contribution in [0.25, 0.3) is 11.3 Å². The number of hydrogen-bond donors (Lipinski definition) is 2. The van der Waals surface area contributed by atoms with Crippen LogP contribution >= 0.6 is 0 Å². The Bertz CT molecular complexity index is 1130. The van der Waals surface area contributed by atoms with Crippen LogP contribution in [0.5, 0.6) is 5.75 Å². The van der Waals surface area contributed by atoms with Gasteiger partial charge in [0, 0.05) is 5.56 Å². The second kappa shape index (κ2) is 9.38. The average Bonchev–Trinajstić information content (AvgIpc) is 2.73. The van der Waals surface area contributed by atoms with Crippen LogP contribution in [0.3, 0.4) is 0 Å². The summed E-state index contributed by atoms with van der Waals surface area (Å²) in [4.78, 5) is 28.8. The highest BCUT2D eigenvalue weighted by molar-refractivity contribution is 5.94. The van der Waals surface area contributed by atoms with Crippen molar-refractivity contribution >= 4 is 11.9 Å². The number of carbonyl (C=O) groups excluding carboxylic acids is 1. The van der Waals surface area contributed by atoms with Gasteiger partial charge in [-0.3, -0.25) is 9.59 Å². The first kappa shape index (κ1) is 22.0. The zero-order valence-electron chi connectivity index (χ0n) is 17.5. The van der Waals surface area contributed by atoms with E-state index in [4.69, 9.17) is 4.74 Å². The van der Waals surface area contributed by atoms with E-state index in [9.17, 15) is 19.1 Å². The molecule has 0 unspecified atom stereocenters. The van der Waals surface area contributed by atoms with Crippen LogP contribution < -0.4 is 10.1 Å². The number of aromatic nitrogens is 1. The molecule has 6 nitrogen and oxygen atoms in total. The second-order valence-corrected chi connectivity index (χ2v) is 7.19. The molecule has 2 N–H and O–H groups in total. The van der Waals surface area contributed by atoms with E-state index >= 15 is 0 Å². The summed E-state index contributed by atoms with van der Waals surface area (Å²) < 4.78 is 18.9. The summed E-state index contributed by atoms with van der Waals surface area (Å²) in [7, 11) is 1.49. The van der Waals surface area contributed by atoms with Gasteiger partial charge in [-0.1, -0.05) is 24.3 Å². The first-order valence-corrected chi connectivity index (χ1v) is 9.70. The van der Waals surface area contributed by atoms with E-state index in [1.165, 1.54) is 25.3 Å². The number of aliphatic carboxylic acids is 1. The van der Waals surface area contributed by atoms with Crippen molar-refractivity contribution in [2.45, 2.75) is 26.3 Å². The monoisotopic (exact) mass is 422 g/mol. The lowest BCUT2D eigenvalue weighted by Crippen LogP contribution is -2.31. The third-order valence-corrected chi connectivity index (χ3v) is 5.00. The van der Waals surface area contributed by atoms with Crippen molar-refractivity contribution in [3.63, 3.8) is 0 Å². The molecule has 0 spiro atoms. The molecule has 3 aromatic rings. The number of carboxylic acid groups (broad SMARTS) is 1. The lowest BCUT2D eigenvalue weighted by atomic mass is 9.98. The van der Waals surface area contributed by atoms with Crippen molar-refractivity contribution in [2.24, 2.45) is 0 Å². The number of benzene rings is 2. The molecule has 0 radical (unpaired) electrons. The third kappa shape index (κ3) is 5.06. The summed E-state index contributed by atoms with van der Waals surface area (Å²) in [5.74, 6) is -1.48. The number of amides is 1. The van der Waals surface area contributed by atoms with Gasteiger partial charge in [-0.15, -0.1) is 0 Å². The molecule has 0 aliphatic carbocycles. The van der Waals surface area contributed by atoms with E-state index < -0.39 is 17.9 Å². The van der Waals surface area contributed by atoms with Gasteiger partial charge in [0.05, 0.1) is 19.6 Å². The lowest BCUT2D eigenvalue weighted by molar-refractivity contribution is -0.137. The van der Waals surface area contributed by atoms with Crippen LogP contribution in [0.1, 0.15) is 39.6 Å². The van der Waals surface area contributed by atoms with Crippen LogP contribution in [0.4, 0.5) is 4.39 Å². The van der Waals surface area contributed by atoms with Gasteiger partial charge < -0.3 is 15.2 Å². The number of hydrogen-bond acceptors (Lipinski definition) is 4. The van der Waals surface area contributed by atoms with Crippen molar-refractivity contribution in [1.82, 2.24) is 10.3 Å². The van der Waals surface area contributed by atoms with E-state index in [1.807, 2.05) is 19.1 Å². The molecule has 7 heteroatoms. The van der Waals surface area contributed by atoms with Gasteiger partial charge in [0.1, 0.15) is 23.0 Å². The van der Waals surface area contributed by atoms with Crippen LogP contribution in [0.15, 0.2) is 54.6 Å². The number of nitrogens with zero attached hydrogens (tertiary/aromatic N) is 1. The molecule has 160 valence electrons. The molecule has 0 aliphatic heterocycles. The van der Waals surface area contributed by atoms with Crippen molar-refractivity contribution in [2.75, 3.05) is 7.11 Å². The van der Waals surface area contributed by atoms with E-state index in [2.05, 4.69) is 10.3 Å². The van der Waals surface area contributed by atoms with Crippen LogP contribution in [-0.4, -0.2) is 29.1 Å². The predicted octanol–water partition coefficient (Wildman–Crippen LogP) is 4.46. The number of nitrogens with one attached hydrogen (secondary N) is 1. The Kier molecular flexibility index (Phi) is 6.65. The molecule has 1 amide bonds. The summed E-state index contributed by atoms with van der Waals surface area (Å²) in [5, 5.41) is 12.1. The highest BCUT2D eigenvalue weighted by Gasteiger charge is 2.22. The highest BCUT2D eigenvalue weighted by Crippen LogP contribution is 2.31. The van der Waals surface area contributed by atoms with Crippen molar-refractivity contribution < 1.29 is 23.8 Å². The maximum atomic E-state index is 13.5. The predicted molar refractivity (Wildman–Crippen MR) is 115 cm³/mol. The zero-order valence-corrected chi connectivity index (χ0v) is 17.5. The first-order chi connectivity index (χ1) is 14.8. The lowest BCUT2D eigenvalue weighted by Gasteiger charge is -2.20. The van der Waals surface area contributed by atoms with Gasteiger partial charge in [0.2, 0.25) is 0 Å². The number of carboxylic acids is 1. The molecule has 1 heterocycles. The number of methoxy groups -OCH3 is 1. The quantitative estimate of drug-likeness (QED) is 0.587. The molecule has 0 saturated carbocycles. The Balaban J connectivity index is 1.97. The Morgan fingerprint density at radius 1 is 1.10 bits per heavy atom. The number of pyridine rings is 1. The minimum atomic E-state index is -1.03. The number of halogens is 1. The third-order valence-electron chi connectivity index (χ3n) is 5.00. The molecule has 3 rings (SSSR count). The van der Waals surface area contributed by atoms with Gasteiger partial charge in [-0.25, -0.2) is 9.37 Å². The Morgan fingerprint density at radius 3 is 2.48 bits per heavy atom. The Labute approximate surface area is 179 Å². The van der Waals surface area contributed by atoms with E-state index in [0.717, 1.165) is 11.1 Å². The molecule has 0 bridgehead atoms. The normalized spacial score (nSPS) is 11.6. The smallest absolute Gasteiger partial charge is 0.305 e. The average molecular weight is 422 g/mol. The largest absolute Gasteiger partial charge is 0.494 e. The molecule has 0 saturated heterocycles. The summed E-state index contributed by atoms with van der Waals surface area (Å²) >= 11 is 0. The molecule has 1 atom stereocenters. The minimum Gasteiger partial charge on any atom is -0.494 e. The SMILES string of the molecule is COc1ccc(C(=O)N[C@@H](CC(=O)O)c2ccccc2C)nc1-c1ccc(F)cc1C. The van der Waals surface area contributed by atoms with Crippen molar-refractivity contribution in [3.8, 4) is 17.0 Å². The fourth-order valence-corrected chi connectivity index (χ4v) is 3.45. The fraction of sp³-hybridized carbons (Fsp3) is 0.208. The van der Waals surface area contributed by atoms with E-state index in [0.29, 0.717) is 22.6 Å². The van der Waals surface area contributed by atoms with Crippen molar-refractivity contribution in [1.29, 1.82) is 0 Å². The first-order valence-electron chi connectivity index (χ1n) is 9.70. The molecule has 2 aromatic carbocycles. The van der Waals surface area contributed by atoms with Crippen LogP contribution in [0, 0.1) is 19.7 Å². The van der Waals surface area contributed by atoms with Gasteiger partial charge >= 0.3 is 5.97 Å². The fourth-order valence-electron chi connectivity index (χ4n) is 3.45. The van der Waals surface area contributed by atoms with E-state index in [-0.39, 0.29) is 17.9 Å². The Hall–Kier alpha value is -3.74. The minimum absolute atomic E-state index is 0.100. The van der Waals surface area contributed by atoms with Crippen LogP contribution in [0.2, 0.25) is 0 Å². The summed E-state index contributed by atoms with van der Waals surface area (Å²) in [6.07, 6.45) is -0.267. The van der Waals surface area contributed by atoms with Gasteiger partial charge in [0.25, 0.3) is 5.91 Å². The number of ether oxygens (including phenoxy) is 1. The summed E-state index contributed by atoms with van der Waals surface area (Å²) in [6, 6.07) is 14.0. The summed E-state index contributed by atoms with van der Waals surface area (Å²) in [5.41, 5.74) is 3.38. The second-order valence-electron chi connectivity index (χ2n) is 7.19.